The number of aryl methyl sites for hydroxylation is 1. The molecule has 2 rings (SSSR count). The molecule has 0 aliphatic carbocycles. The third kappa shape index (κ3) is 3.47. The first-order valence-corrected chi connectivity index (χ1v) is 7.36. The minimum atomic E-state index is -3.92. The zero-order valence-electron chi connectivity index (χ0n) is 11.0. The molecule has 0 amide bonds. The maximum Gasteiger partial charge on any atom is 0.371 e. The number of hydrogen-bond donors (Lipinski definition) is 2. The van der Waals surface area contributed by atoms with Crippen LogP contribution >= 0.6 is 0 Å². The van der Waals surface area contributed by atoms with E-state index >= 15 is 0 Å². The molecule has 1 aromatic carbocycles. The Labute approximate surface area is 120 Å². The number of sulfonamides is 1. The lowest BCUT2D eigenvalue weighted by molar-refractivity contribution is 0.0660. The predicted octanol–water partition coefficient (Wildman–Crippen LogP) is 1.90. The number of carbonyl (C=O) groups is 1. The van der Waals surface area contributed by atoms with E-state index in [4.69, 9.17) is 9.52 Å². The minimum absolute atomic E-state index is 0.144. The molecule has 1 heterocycles. The Morgan fingerprint density at radius 3 is 2.67 bits per heavy atom. The average Bonchev–Trinajstić information content (AvgIpc) is 2.88. The van der Waals surface area contributed by atoms with E-state index < -0.39 is 21.8 Å². The quantitative estimate of drug-likeness (QED) is 0.879. The Morgan fingerprint density at radius 2 is 2.05 bits per heavy atom. The van der Waals surface area contributed by atoms with Gasteiger partial charge in [0.2, 0.25) is 15.8 Å². The molecular formula is C13H12FNO5S. The number of carboxylic acid groups (broad SMARTS) is 1. The van der Waals surface area contributed by atoms with Crippen LogP contribution < -0.4 is 4.72 Å². The first kappa shape index (κ1) is 15.2. The number of benzene rings is 1. The van der Waals surface area contributed by atoms with Crippen LogP contribution in [0.25, 0.3) is 0 Å². The Balaban J connectivity index is 2.17. The number of halogens is 1. The van der Waals surface area contributed by atoms with Crippen molar-refractivity contribution in [2.75, 3.05) is 0 Å². The van der Waals surface area contributed by atoms with Gasteiger partial charge in [0.15, 0.2) is 0 Å². The summed E-state index contributed by atoms with van der Waals surface area (Å²) in [6.07, 6.45) is 0. The zero-order valence-corrected chi connectivity index (χ0v) is 11.8. The average molecular weight is 313 g/mol. The van der Waals surface area contributed by atoms with E-state index in [-0.39, 0.29) is 23.0 Å². The van der Waals surface area contributed by atoms with Crippen LogP contribution in [0.2, 0.25) is 0 Å². The van der Waals surface area contributed by atoms with Gasteiger partial charge in [-0.2, -0.15) is 0 Å². The summed E-state index contributed by atoms with van der Waals surface area (Å²) >= 11 is 0. The van der Waals surface area contributed by atoms with Crippen molar-refractivity contribution in [2.45, 2.75) is 18.4 Å². The highest BCUT2D eigenvalue weighted by Crippen LogP contribution is 2.17. The first-order valence-electron chi connectivity index (χ1n) is 5.87. The van der Waals surface area contributed by atoms with Crippen LogP contribution in [0.4, 0.5) is 4.39 Å². The van der Waals surface area contributed by atoms with Crippen molar-refractivity contribution in [3.8, 4) is 0 Å². The van der Waals surface area contributed by atoms with Crippen LogP contribution in [0.5, 0.6) is 0 Å². The molecule has 0 saturated carbocycles. The lowest BCUT2D eigenvalue weighted by Crippen LogP contribution is -2.24. The van der Waals surface area contributed by atoms with Gasteiger partial charge < -0.3 is 9.52 Å². The SMILES string of the molecule is Cc1ccc(F)cc1S(=O)(=O)NCc1ccc(C(=O)O)o1. The van der Waals surface area contributed by atoms with Gasteiger partial charge in [0.05, 0.1) is 11.4 Å². The highest BCUT2D eigenvalue weighted by Gasteiger charge is 2.18. The van der Waals surface area contributed by atoms with Gasteiger partial charge in [-0.05, 0) is 36.8 Å². The van der Waals surface area contributed by atoms with Crippen molar-refractivity contribution in [3.05, 3.63) is 53.2 Å². The summed E-state index contributed by atoms with van der Waals surface area (Å²) in [4.78, 5) is 10.5. The monoisotopic (exact) mass is 313 g/mol. The largest absolute Gasteiger partial charge is 0.475 e. The van der Waals surface area contributed by atoms with Crippen molar-refractivity contribution < 1.29 is 27.1 Å². The normalized spacial score (nSPS) is 11.5. The van der Waals surface area contributed by atoms with E-state index in [1.165, 1.54) is 24.3 Å². The molecule has 0 unspecified atom stereocenters. The van der Waals surface area contributed by atoms with Crippen LogP contribution in [0, 0.1) is 12.7 Å². The van der Waals surface area contributed by atoms with E-state index in [9.17, 15) is 17.6 Å². The smallest absolute Gasteiger partial charge is 0.371 e. The summed E-state index contributed by atoms with van der Waals surface area (Å²) in [5, 5.41) is 8.70. The fourth-order valence-electron chi connectivity index (χ4n) is 1.70. The van der Waals surface area contributed by atoms with E-state index in [1.807, 2.05) is 0 Å². The van der Waals surface area contributed by atoms with Gasteiger partial charge in [0.25, 0.3) is 0 Å². The maximum absolute atomic E-state index is 13.2. The molecule has 8 heteroatoms. The van der Waals surface area contributed by atoms with Crippen LogP contribution in [0.15, 0.2) is 39.6 Å². The fraction of sp³-hybridized carbons (Fsp3) is 0.154. The van der Waals surface area contributed by atoms with Gasteiger partial charge in [-0.15, -0.1) is 0 Å². The minimum Gasteiger partial charge on any atom is -0.475 e. The van der Waals surface area contributed by atoms with Gasteiger partial charge in [0, 0.05) is 0 Å². The molecule has 0 atom stereocenters. The van der Waals surface area contributed by atoms with Gasteiger partial charge in [-0.25, -0.2) is 22.3 Å². The molecule has 0 fully saturated rings. The molecule has 0 bridgehead atoms. The van der Waals surface area contributed by atoms with Crippen molar-refractivity contribution in [2.24, 2.45) is 0 Å². The van der Waals surface area contributed by atoms with E-state index in [2.05, 4.69) is 4.72 Å². The maximum atomic E-state index is 13.2. The van der Waals surface area contributed by atoms with Gasteiger partial charge in [0.1, 0.15) is 11.6 Å². The Bertz CT molecular complexity index is 782. The summed E-state index contributed by atoms with van der Waals surface area (Å²) in [5.74, 6) is -2.05. The van der Waals surface area contributed by atoms with E-state index in [1.54, 1.807) is 6.92 Å². The zero-order chi connectivity index (χ0) is 15.6. The van der Waals surface area contributed by atoms with Gasteiger partial charge in [-0.1, -0.05) is 6.07 Å². The van der Waals surface area contributed by atoms with Crippen molar-refractivity contribution in [1.29, 1.82) is 0 Å². The standard InChI is InChI=1S/C13H12FNO5S/c1-8-2-3-9(14)6-12(8)21(18,19)15-7-10-4-5-11(20-10)13(16)17/h2-6,15H,7H2,1H3,(H,16,17). The second-order valence-corrected chi connectivity index (χ2v) is 6.04. The molecule has 2 N–H and O–H groups in total. The third-order valence-corrected chi connectivity index (χ3v) is 4.29. The Morgan fingerprint density at radius 1 is 1.33 bits per heavy atom. The van der Waals surface area contributed by atoms with E-state index in [0.717, 1.165) is 6.07 Å². The number of furan rings is 1. The molecule has 0 saturated heterocycles. The molecule has 1 aromatic heterocycles. The van der Waals surface area contributed by atoms with Crippen LogP contribution in [0.1, 0.15) is 21.9 Å². The second kappa shape index (κ2) is 5.66. The summed E-state index contributed by atoms with van der Waals surface area (Å²) in [6.45, 7) is 1.31. The molecule has 21 heavy (non-hydrogen) atoms. The molecule has 0 spiro atoms. The second-order valence-electron chi connectivity index (χ2n) is 4.31. The van der Waals surface area contributed by atoms with E-state index in [0.29, 0.717) is 5.56 Å². The fourth-order valence-corrected chi connectivity index (χ4v) is 2.94. The van der Waals surface area contributed by atoms with Gasteiger partial charge >= 0.3 is 5.97 Å². The third-order valence-electron chi connectivity index (χ3n) is 2.75. The topological polar surface area (TPSA) is 96.6 Å². The molecule has 112 valence electrons. The lowest BCUT2D eigenvalue weighted by Gasteiger charge is -2.08. The Kier molecular flexibility index (Phi) is 4.10. The molecule has 6 nitrogen and oxygen atoms in total. The number of aromatic carboxylic acids is 1. The van der Waals surface area contributed by atoms with Crippen molar-refractivity contribution >= 4 is 16.0 Å². The summed E-state index contributed by atoms with van der Waals surface area (Å²) in [6, 6.07) is 6.02. The predicted molar refractivity (Wildman–Crippen MR) is 70.8 cm³/mol. The Hall–Kier alpha value is -2.19. The molecule has 0 aliphatic rings. The molecule has 0 aliphatic heterocycles. The number of carboxylic acids is 1. The number of rotatable bonds is 5. The summed E-state index contributed by atoms with van der Waals surface area (Å²) < 4.78 is 44.5. The lowest BCUT2D eigenvalue weighted by atomic mass is 10.2. The number of hydrogen-bond acceptors (Lipinski definition) is 4. The molecule has 2 aromatic rings. The summed E-state index contributed by atoms with van der Waals surface area (Å²) in [5.41, 5.74) is 0.398. The first-order chi connectivity index (χ1) is 9.79. The van der Waals surface area contributed by atoms with Crippen LogP contribution in [-0.2, 0) is 16.6 Å². The molecule has 0 radical (unpaired) electrons. The van der Waals surface area contributed by atoms with Gasteiger partial charge in [-0.3, -0.25) is 0 Å². The molecular weight excluding hydrogens is 301 g/mol. The summed E-state index contributed by atoms with van der Waals surface area (Å²) in [7, 11) is -3.92. The van der Waals surface area contributed by atoms with Crippen molar-refractivity contribution in [3.63, 3.8) is 0 Å². The van der Waals surface area contributed by atoms with Crippen LogP contribution in [0.3, 0.4) is 0 Å². The van der Waals surface area contributed by atoms with Crippen LogP contribution in [-0.4, -0.2) is 19.5 Å². The highest BCUT2D eigenvalue weighted by molar-refractivity contribution is 7.89. The highest BCUT2D eigenvalue weighted by atomic mass is 32.2. The number of nitrogens with one attached hydrogen (secondary N) is 1. The van der Waals surface area contributed by atoms with Crippen molar-refractivity contribution in [1.82, 2.24) is 4.72 Å².